The van der Waals surface area contributed by atoms with Crippen LogP contribution in [0.5, 0.6) is 0 Å². The van der Waals surface area contributed by atoms with Crippen LogP contribution >= 0.6 is 0 Å². The van der Waals surface area contributed by atoms with Crippen LogP contribution in [0.1, 0.15) is 31.2 Å². The molecular formula is C16H23FN2O. The molecule has 0 bridgehead atoms. The van der Waals surface area contributed by atoms with Gasteiger partial charge in [-0.15, -0.1) is 0 Å². The van der Waals surface area contributed by atoms with Gasteiger partial charge in [0.25, 0.3) is 0 Å². The zero-order valence-corrected chi connectivity index (χ0v) is 11.8. The molecule has 1 heterocycles. The van der Waals surface area contributed by atoms with E-state index < -0.39 is 0 Å². The van der Waals surface area contributed by atoms with Crippen molar-refractivity contribution in [2.24, 2.45) is 5.92 Å². The highest BCUT2D eigenvalue weighted by atomic mass is 19.1. The standard InChI is InChI=1S/C16H23FN2O/c17-14-1-4-16(13(9-14)10-18-15-2-3-15)19-7-5-12(11-19)6-8-20/h1,4,9,12,15,18,20H,2-3,5-8,10-11H2. The van der Waals surface area contributed by atoms with E-state index in [1.165, 1.54) is 12.8 Å². The largest absolute Gasteiger partial charge is 0.396 e. The van der Waals surface area contributed by atoms with Gasteiger partial charge in [-0.3, -0.25) is 0 Å². The summed E-state index contributed by atoms with van der Waals surface area (Å²) in [5, 5.41) is 12.5. The summed E-state index contributed by atoms with van der Waals surface area (Å²) in [5.41, 5.74) is 2.21. The molecule has 1 saturated heterocycles. The Morgan fingerprint density at radius 2 is 2.15 bits per heavy atom. The number of hydrogen-bond acceptors (Lipinski definition) is 3. The van der Waals surface area contributed by atoms with Crippen molar-refractivity contribution in [2.75, 3.05) is 24.6 Å². The van der Waals surface area contributed by atoms with E-state index >= 15 is 0 Å². The first kappa shape index (κ1) is 13.8. The number of hydrogen-bond donors (Lipinski definition) is 2. The second-order valence-corrected chi connectivity index (χ2v) is 6.04. The minimum atomic E-state index is -0.160. The molecule has 1 aliphatic heterocycles. The van der Waals surface area contributed by atoms with Gasteiger partial charge in [0.1, 0.15) is 5.82 Å². The first-order valence-corrected chi connectivity index (χ1v) is 7.64. The second kappa shape index (κ2) is 6.10. The number of anilines is 1. The number of nitrogens with zero attached hydrogens (tertiary/aromatic N) is 1. The van der Waals surface area contributed by atoms with E-state index in [-0.39, 0.29) is 12.4 Å². The third kappa shape index (κ3) is 3.30. The fourth-order valence-electron chi connectivity index (χ4n) is 3.02. The molecule has 20 heavy (non-hydrogen) atoms. The molecule has 3 nitrogen and oxygen atoms in total. The number of halogens is 1. The fourth-order valence-corrected chi connectivity index (χ4v) is 3.02. The first-order valence-electron chi connectivity index (χ1n) is 7.64. The van der Waals surface area contributed by atoms with Crippen LogP contribution in [-0.2, 0) is 6.54 Å². The molecule has 0 radical (unpaired) electrons. The lowest BCUT2D eigenvalue weighted by Gasteiger charge is -2.22. The van der Waals surface area contributed by atoms with Crippen LogP contribution in [0.4, 0.5) is 10.1 Å². The average molecular weight is 278 g/mol. The summed E-state index contributed by atoms with van der Waals surface area (Å²) < 4.78 is 13.5. The van der Waals surface area contributed by atoms with Crippen LogP contribution < -0.4 is 10.2 Å². The quantitative estimate of drug-likeness (QED) is 0.838. The molecule has 4 heteroatoms. The van der Waals surface area contributed by atoms with Crippen LogP contribution in [-0.4, -0.2) is 30.8 Å². The summed E-state index contributed by atoms with van der Waals surface area (Å²) in [6.07, 6.45) is 4.47. The normalized spacial score (nSPS) is 22.5. The van der Waals surface area contributed by atoms with Crippen LogP contribution in [0.2, 0.25) is 0 Å². The van der Waals surface area contributed by atoms with Gasteiger partial charge in [-0.25, -0.2) is 4.39 Å². The Morgan fingerprint density at radius 1 is 1.30 bits per heavy atom. The molecule has 110 valence electrons. The Balaban J connectivity index is 1.70. The maximum Gasteiger partial charge on any atom is 0.123 e. The number of aliphatic hydroxyl groups is 1. The number of nitrogens with one attached hydrogen (secondary N) is 1. The summed E-state index contributed by atoms with van der Waals surface area (Å²) in [5.74, 6) is 0.404. The molecule has 1 aliphatic carbocycles. The van der Waals surface area contributed by atoms with E-state index in [0.29, 0.717) is 12.0 Å². The summed E-state index contributed by atoms with van der Waals surface area (Å²) >= 11 is 0. The average Bonchev–Trinajstić information content (AvgIpc) is 3.16. The van der Waals surface area contributed by atoms with Crippen molar-refractivity contribution in [3.05, 3.63) is 29.6 Å². The van der Waals surface area contributed by atoms with Gasteiger partial charge < -0.3 is 15.3 Å². The number of rotatable bonds is 6. The third-order valence-corrected chi connectivity index (χ3v) is 4.36. The summed E-state index contributed by atoms with van der Waals surface area (Å²) in [4.78, 5) is 2.34. The molecule has 0 spiro atoms. The summed E-state index contributed by atoms with van der Waals surface area (Å²) in [6, 6.07) is 5.74. The van der Waals surface area contributed by atoms with Gasteiger partial charge in [0.2, 0.25) is 0 Å². The highest BCUT2D eigenvalue weighted by molar-refractivity contribution is 5.54. The van der Waals surface area contributed by atoms with Crippen LogP contribution in [0.3, 0.4) is 0 Å². The second-order valence-electron chi connectivity index (χ2n) is 6.04. The highest BCUT2D eigenvalue weighted by Gasteiger charge is 2.25. The fraction of sp³-hybridized carbons (Fsp3) is 0.625. The maximum absolute atomic E-state index is 13.5. The monoisotopic (exact) mass is 278 g/mol. The highest BCUT2D eigenvalue weighted by Crippen LogP contribution is 2.29. The van der Waals surface area contributed by atoms with Crippen LogP contribution in [0.25, 0.3) is 0 Å². The van der Waals surface area contributed by atoms with Gasteiger partial charge in [-0.05, 0) is 55.4 Å². The van der Waals surface area contributed by atoms with Crippen molar-refractivity contribution in [1.29, 1.82) is 0 Å². The Labute approximate surface area is 119 Å². The van der Waals surface area contributed by atoms with Crippen molar-refractivity contribution in [3.63, 3.8) is 0 Å². The van der Waals surface area contributed by atoms with E-state index in [9.17, 15) is 4.39 Å². The molecule has 1 aromatic carbocycles. The lowest BCUT2D eigenvalue weighted by atomic mass is 10.1. The van der Waals surface area contributed by atoms with E-state index in [0.717, 1.165) is 43.7 Å². The zero-order chi connectivity index (χ0) is 13.9. The van der Waals surface area contributed by atoms with E-state index in [2.05, 4.69) is 10.2 Å². The molecule has 2 fully saturated rings. The molecule has 0 aromatic heterocycles. The Kier molecular flexibility index (Phi) is 4.22. The molecule has 3 rings (SSSR count). The van der Waals surface area contributed by atoms with Crippen molar-refractivity contribution in [1.82, 2.24) is 5.32 Å². The van der Waals surface area contributed by atoms with Crippen LogP contribution in [0.15, 0.2) is 18.2 Å². The Morgan fingerprint density at radius 3 is 2.90 bits per heavy atom. The number of aliphatic hydroxyl groups excluding tert-OH is 1. The molecule has 2 N–H and O–H groups in total. The van der Waals surface area contributed by atoms with E-state index in [4.69, 9.17) is 5.11 Å². The van der Waals surface area contributed by atoms with Crippen LogP contribution in [0, 0.1) is 11.7 Å². The molecule has 1 saturated carbocycles. The van der Waals surface area contributed by atoms with Crippen molar-refractivity contribution < 1.29 is 9.50 Å². The topological polar surface area (TPSA) is 35.5 Å². The summed E-state index contributed by atoms with van der Waals surface area (Å²) in [7, 11) is 0. The predicted molar refractivity (Wildman–Crippen MR) is 78.3 cm³/mol. The molecule has 1 unspecified atom stereocenters. The van der Waals surface area contributed by atoms with Gasteiger partial charge in [0, 0.05) is 38.0 Å². The minimum absolute atomic E-state index is 0.160. The first-order chi connectivity index (χ1) is 9.76. The third-order valence-electron chi connectivity index (χ3n) is 4.36. The molecule has 1 aromatic rings. The maximum atomic E-state index is 13.5. The molecule has 1 atom stereocenters. The minimum Gasteiger partial charge on any atom is -0.396 e. The molecule has 2 aliphatic rings. The summed E-state index contributed by atoms with van der Waals surface area (Å²) in [6.45, 7) is 2.99. The lowest BCUT2D eigenvalue weighted by Crippen LogP contribution is -2.24. The van der Waals surface area contributed by atoms with Gasteiger partial charge in [0.05, 0.1) is 0 Å². The van der Waals surface area contributed by atoms with Crippen molar-refractivity contribution in [3.8, 4) is 0 Å². The number of benzene rings is 1. The smallest absolute Gasteiger partial charge is 0.123 e. The van der Waals surface area contributed by atoms with Crippen molar-refractivity contribution in [2.45, 2.75) is 38.3 Å². The van der Waals surface area contributed by atoms with E-state index in [1.54, 1.807) is 12.1 Å². The van der Waals surface area contributed by atoms with Crippen molar-refractivity contribution >= 4 is 5.69 Å². The zero-order valence-electron chi connectivity index (χ0n) is 11.8. The van der Waals surface area contributed by atoms with E-state index in [1.807, 2.05) is 6.07 Å². The van der Waals surface area contributed by atoms with Gasteiger partial charge >= 0.3 is 0 Å². The molecular weight excluding hydrogens is 255 g/mol. The molecule has 0 amide bonds. The predicted octanol–water partition coefficient (Wildman–Crippen LogP) is 2.29. The SMILES string of the molecule is OCCC1CCN(c2ccc(F)cc2CNC2CC2)C1. The van der Waals surface area contributed by atoms with Gasteiger partial charge in [-0.2, -0.15) is 0 Å². The Bertz CT molecular complexity index is 462. The Hall–Kier alpha value is -1.13. The lowest BCUT2D eigenvalue weighted by molar-refractivity contribution is 0.263. The van der Waals surface area contributed by atoms with Gasteiger partial charge in [-0.1, -0.05) is 0 Å². The van der Waals surface area contributed by atoms with Gasteiger partial charge in [0.15, 0.2) is 0 Å².